The summed E-state index contributed by atoms with van der Waals surface area (Å²) < 4.78 is 5.76. The zero-order valence-corrected chi connectivity index (χ0v) is 11.5. The highest BCUT2D eigenvalue weighted by Crippen LogP contribution is 2.15. The van der Waals surface area contributed by atoms with Crippen LogP contribution >= 0.6 is 15.9 Å². The van der Waals surface area contributed by atoms with E-state index in [9.17, 15) is 4.79 Å². The maximum atomic E-state index is 11.7. The minimum absolute atomic E-state index is 0.151. The number of rotatable bonds is 5. The average molecular weight is 288 g/mol. The standard InChI is InChI=1S/C12H18BrNO2/c1-4-8(2)7-9(3)14-12(15)10-5-6-11(13)16-10/h5-6,8-9H,4,7H2,1-3H3,(H,14,15). The Labute approximate surface area is 105 Å². The van der Waals surface area contributed by atoms with Crippen LogP contribution in [0.1, 0.15) is 44.2 Å². The molecule has 2 atom stereocenters. The zero-order chi connectivity index (χ0) is 12.1. The zero-order valence-electron chi connectivity index (χ0n) is 9.92. The van der Waals surface area contributed by atoms with Crippen molar-refractivity contribution in [3.8, 4) is 0 Å². The first-order valence-electron chi connectivity index (χ1n) is 5.59. The summed E-state index contributed by atoms with van der Waals surface area (Å²) >= 11 is 3.17. The van der Waals surface area contributed by atoms with Crippen molar-refractivity contribution >= 4 is 21.8 Å². The molecule has 3 nitrogen and oxygen atoms in total. The molecule has 0 aliphatic heterocycles. The normalized spacial score (nSPS) is 14.5. The molecule has 1 aromatic rings. The molecule has 0 bridgehead atoms. The number of halogens is 1. The van der Waals surface area contributed by atoms with Crippen LogP contribution in [0.15, 0.2) is 21.2 Å². The highest BCUT2D eigenvalue weighted by Gasteiger charge is 2.14. The maximum Gasteiger partial charge on any atom is 0.287 e. The van der Waals surface area contributed by atoms with Crippen LogP contribution in [0.5, 0.6) is 0 Å². The minimum atomic E-state index is -0.151. The molecule has 1 heterocycles. The number of carbonyl (C=O) groups excluding carboxylic acids is 1. The Morgan fingerprint density at radius 1 is 1.50 bits per heavy atom. The highest BCUT2D eigenvalue weighted by atomic mass is 79.9. The molecule has 0 aliphatic carbocycles. The average Bonchev–Trinajstić information content (AvgIpc) is 2.64. The number of furan rings is 1. The van der Waals surface area contributed by atoms with Gasteiger partial charge >= 0.3 is 0 Å². The Kier molecular flexibility index (Phi) is 5.06. The Bertz CT molecular complexity index is 349. The molecule has 0 aliphatic rings. The molecule has 0 saturated carbocycles. The fraction of sp³-hybridized carbons (Fsp3) is 0.583. The van der Waals surface area contributed by atoms with Crippen LogP contribution in [0, 0.1) is 5.92 Å². The second kappa shape index (κ2) is 6.09. The second-order valence-corrected chi connectivity index (χ2v) is 5.01. The van der Waals surface area contributed by atoms with E-state index in [-0.39, 0.29) is 11.9 Å². The minimum Gasteiger partial charge on any atom is -0.444 e. The topological polar surface area (TPSA) is 42.2 Å². The largest absolute Gasteiger partial charge is 0.444 e. The molecule has 0 spiro atoms. The fourth-order valence-electron chi connectivity index (χ4n) is 1.56. The van der Waals surface area contributed by atoms with E-state index in [1.165, 1.54) is 0 Å². The third kappa shape index (κ3) is 4.00. The van der Waals surface area contributed by atoms with Gasteiger partial charge in [-0.15, -0.1) is 0 Å². The van der Waals surface area contributed by atoms with Crippen LogP contribution in [0.3, 0.4) is 0 Å². The van der Waals surface area contributed by atoms with Crippen molar-refractivity contribution in [2.75, 3.05) is 0 Å². The Morgan fingerprint density at radius 2 is 2.19 bits per heavy atom. The van der Waals surface area contributed by atoms with Gasteiger partial charge in [0.25, 0.3) is 5.91 Å². The van der Waals surface area contributed by atoms with Gasteiger partial charge in [0, 0.05) is 6.04 Å². The summed E-state index contributed by atoms with van der Waals surface area (Å²) in [7, 11) is 0. The van der Waals surface area contributed by atoms with Crippen LogP contribution in [-0.4, -0.2) is 11.9 Å². The van der Waals surface area contributed by atoms with Crippen LogP contribution in [-0.2, 0) is 0 Å². The molecule has 16 heavy (non-hydrogen) atoms. The first-order chi connectivity index (χ1) is 7.52. The van der Waals surface area contributed by atoms with Crippen molar-refractivity contribution in [2.24, 2.45) is 5.92 Å². The van der Waals surface area contributed by atoms with E-state index in [1.807, 2.05) is 6.92 Å². The Morgan fingerprint density at radius 3 is 2.69 bits per heavy atom. The quantitative estimate of drug-likeness (QED) is 0.899. The van der Waals surface area contributed by atoms with E-state index in [0.717, 1.165) is 12.8 Å². The first-order valence-corrected chi connectivity index (χ1v) is 6.38. The number of hydrogen-bond acceptors (Lipinski definition) is 2. The number of nitrogens with one attached hydrogen (secondary N) is 1. The van der Waals surface area contributed by atoms with Crippen molar-refractivity contribution in [3.05, 3.63) is 22.6 Å². The van der Waals surface area contributed by atoms with Gasteiger partial charge in [0.05, 0.1) is 0 Å². The molecule has 1 amide bonds. The molecule has 0 radical (unpaired) electrons. The third-order valence-corrected chi connectivity index (χ3v) is 3.05. The SMILES string of the molecule is CCC(C)CC(C)NC(=O)c1ccc(Br)o1. The predicted molar refractivity (Wildman–Crippen MR) is 67.4 cm³/mol. The molecule has 1 rings (SSSR count). The van der Waals surface area contributed by atoms with E-state index in [0.29, 0.717) is 16.3 Å². The smallest absolute Gasteiger partial charge is 0.287 e. The van der Waals surface area contributed by atoms with Gasteiger partial charge in [0.2, 0.25) is 0 Å². The van der Waals surface area contributed by atoms with Gasteiger partial charge in [0.1, 0.15) is 0 Å². The van der Waals surface area contributed by atoms with Gasteiger partial charge in [-0.3, -0.25) is 4.79 Å². The lowest BCUT2D eigenvalue weighted by Gasteiger charge is -2.16. The summed E-state index contributed by atoms with van der Waals surface area (Å²) in [6.07, 6.45) is 2.12. The number of amides is 1. The lowest BCUT2D eigenvalue weighted by atomic mass is 10.0. The molecular formula is C12H18BrNO2. The van der Waals surface area contributed by atoms with Crippen molar-refractivity contribution in [1.29, 1.82) is 0 Å². The van der Waals surface area contributed by atoms with Gasteiger partial charge in [-0.2, -0.15) is 0 Å². The van der Waals surface area contributed by atoms with E-state index >= 15 is 0 Å². The fourth-order valence-corrected chi connectivity index (χ4v) is 1.87. The lowest BCUT2D eigenvalue weighted by molar-refractivity contribution is 0.0906. The Hall–Kier alpha value is -0.770. The lowest BCUT2D eigenvalue weighted by Crippen LogP contribution is -2.33. The predicted octanol–water partition coefficient (Wildman–Crippen LogP) is 3.60. The van der Waals surface area contributed by atoms with Crippen molar-refractivity contribution in [2.45, 2.75) is 39.7 Å². The van der Waals surface area contributed by atoms with Gasteiger partial charge < -0.3 is 9.73 Å². The summed E-state index contributed by atoms with van der Waals surface area (Å²) in [4.78, 5) is 11.7. The van der Waals surface area contributed by atoms with E-state index in [1.54, 1.807) is 12.1 Å². The maximum absolute atomic E-state index is 11.7. The van der Waals surface area contributed by atoms with Crippen LogP contribution in [0.4, 0.5) is 0 Å². The molecule has 1 aromatic heterocycles. The number of hydrogen-bond donors (Lipinski definition) is 1. The Balaban J connectivity index is 2.45. The van der Waals surface area contributed by atoms with Gasteiger partial charge in [-0.1, -0.05) is 20.3 Å². The van der Waals surface area contributed by atoms with Crippen molar-refractivity contribution in [3.63, 3.8) is 0 Å². The molecule has 2 unspecified atom stereocenters. The van der Waals surface area contributed by atoms with E-state index in [4.69, 9.17) is 4.42 Å². The monoisotopic (exact) mass is 287 g/mol. The summed E-state index contributed by atoms with van der Waals surface area (Å²) in [5.74, 6) is 0.822. The molecule has 4 heteroatoms. The van der Waals surface area contributed by atoms with Crippen LogP contribution in [0.25, 0.3) is 0 Å². The third-order valence-electron chi connectivity index (χ3n) is 2.63. The molecule has 1 N–H and O–H groups in total. The van der Waals surface area contributed by atoms with Gasteiger partial charge in [-0.25, -0.2) is 0 Å². The molecule has 0 aromatic carbocycles. The van der Waals surface area contributed by atoms with Gasteiger partial charge in [0.15, 0.2) is 10.4 Å². The van der Waals surface area contributed by atoms with Crippen molar-refractivity contribution < 1.29 is 9.21 Å². The molecule has 0 fully saturated rings. The van der Waals surface area contributed by atoms with Crippen LogP contribution < -0.4 is 5.32 Å². The molecule has 90 valence electrons. The van der Waals surface area contributed by atoms with E-state index < -0.39 is 0 Å². The first kappa shape index (κ1) is 13.3. The van der Waals surface area contributed by atoms with Crippen LogP contribution in [0.2, 0.25) is 0 Å². The van der Waals surface area contributed by atoms with E-state index in [2.05, 4.69) is 35.1 Å². The van der Waals surface area contributed by atoms with Gasteiger partial charge in [-0.05, 0) is 47.3 Å². The number of carbonyl (C=O) groups is 1. The summed E-state index contributed by atoms with van der Waals surface area (Å²) in [5.41, 5.74) is 0. The summed E-state index contributed by atoms with van der Waals surface area (Å²) in [5, 5.41) is 2.92. The molecule has 0 saturated heterocycles. The van der Waals surface area contributed by atoms with Crippen molar-refractivity contribution in [1.82, 2.24) is 5.32 Å². The summed E-state index contributed by atoms with van der Waals surface area (Å²) in [6, 6.07) is 3.55. The summed E-state index contributed by atoms with van der Waals surface area (Å²) in [6.45, 7) is 6.36. The molecular weight excluding hydrogens is 270 g/mol. The highest BCUT2D eigenvalue weighted by molar-refractivity contribution is 9.10. The second-order valence-electron chi connectivity index (χ2n) is 4.23.